The average Bonchev–Trinajstić information content (AvgIpc) is 3.07. The van der Waals surface area contributed by atoms with Crippen LogP contribution in [0.25, 0.3) is 22.4 Å². The molecule has 2 aromatic heterocycles. The summed E-state index contributed by atoms with van der Waals surface area (Å²) in [5.74, 6) is 1.76. The maximum Gasteiger partial charge on any atom is 0.143 e. The van der Waals surface area contributed by atoms with E-state index in [0.29, 0.717) is 12.0 Å². The van der Waals surface area contributed by atoms with E-state index in [9.17, 15) is 0 Å². The summed E-state index contributed by atoms with van der Waals surface area (Å²) in [4.78, 5) is 10.3. The molecular weight excluding hydrogens is 366 g/mol. The van der Waals surface area contributed by atoms with E-state index in [1.54, 1.807) is 0 Å². The molecule has 3 nitrogen and oxygen atoms in total. The van der Waals surface area contributed by atoms with Crippen molar-refractivity contribution in [1.82, 2.24) is 14.5 Å². The Morgan fingerprint density at radius 3 is 2.17 bits per heavy atom. The van der Waals surface area contributed by atoms with Crippen LogP contribution in [0.5, 0.6) is 0 Å². The summed E-state index contributed by atoms with van der Waals surface area (Å²) in [6.45, 7) is 22.6. The molecule has 0 amide bonds. The highest BCUT2D eigenvalue weighted by Crippen LogP contribution is 2.56. The number of benzene rings is 1. The van der Waals surface area contributed by atoms with Gasteiger partial charge in [0.15, 0.2) is 0 Å². The second-order valence-corrected chi connectivity index (χ2v) is 11.1. The predicted octanol–water partition coefficient (Wildman–Crippen LogP) is 7.20. The number of aryl methyl sites for hydroxylation is 3. The third kappa shape index (κ3) is 3.18. The third-order valence-corrected chi connectivity index (χ3v) is 7.29. The minimum absolute atomic E-state index is 0.0267. The molecule has 2 heterocycles. The summed E-state index contributed by atoms with van der Waals surface area (Å²) in [6.07, 6.45) is 1.23. The largest absolute Gasteiger partial charge is 0.321 e. The van der Waals surface area contributed by atoms with Crippen molar-refractivity contribution >= 4 is 11.0 Å². The molecule has 0 spiro atoms. The highest BCUT2D eigenvalue weighted by molar-refractivity contribution is 5.84. The first-order valence-corrected chi connectivity index (χ1v) is 11.4. The van der Waals surface area contributed by atoms with Gasteiger partial charge in [0.05, 0.1) is 11.0 Å². The first kappa shape index (κ1) is 21.1. The van der Waals surface area contributed by atoms with Gasteiger partial charge in [0.1, 0.15) is 5.82 Å². The number of imidazole rings is 1. The van der Waals surface area contributed by atoms with E-state index in [4.69, 9.17) is 9.97 Å². The zero-order valence-electron chi connectivity index (χ0n) is 20.4. The minimum atomic E-state index is 0.0267. The number of pyridine rings is 1. The molecule has 0 saturated heterocycles. The normalized spacial score (nSPS) is 21.6. The Bertz CT molecular complexity index is 1140. The Kier molecular flexibility index (Phi) is 4.69. The number of nitrogens with zero attached hydrogens (tertiary/aromatic N) is 3. The van der Waals surface area contributed by atoms with E-state index in [0.717, 1.165) is 17.0 Å². The number of hydrogen-bond donors (Lipinski definition) is 0. The van der Waals surface area contributed by atoms with E-state index in [2.05, 4.69) is 92.0 Å². The van der Waals surface area contributed by atoms with Crippen LogP contribution in [-0.2, 0) is 10.8 Å². The van der Waals surface area contributed by atoms with Gasteiger partial charge in [0, 0.05) is 28.4 Å². The van der Waals surface area contributed by atoms with Gasteiger partial charge >= 0.3 is 0 Å². The van der Waals surface area contributed by atoms with Gasteiger partial charge in [0.25, 0.3) is 0 Å². The Morgan fingerprint density at radius 1 is 1.03 bits per heavy atom. The Hall–Kier alpha value is -2.16. The highest BCUT2D eigenvalue weighted by Gasteiger charge is 2.50. The maximum absolute atomic E-state index is 5.21. The lowest BCUT2D eigenvalue weighted by Gasteiger charge is -2.25. The molecule has 0 N–H and O–H groups in total. The maximum atomic E-state index is 5.21. The molecule has 160 valence electrons. The summed E-state index contributed by atoms with van der Waals surface area (Å²) in [6, 6.07) is 7.24. The van der Waals surface area contributed by atoms with Crippen LogP contribution in [-0.4, -0.2) is 14.5 Å². The van der Waals surface area contributed by atoms with Gasteiger partial charge in [-0.05, 0) is 87.3 Å². The summed E-state index contributed by atoms with van der Waals surface area (Å²) in [5.41, 5.74) is 10.1. The molecule has 3 heteroatoms. The lowest BCUT2D eigenvalue weighted by atomic mass is 9.84. The van der Waals surface area contributed by atoms with Crippen molar-refractivity contribution in [3.05, 3.63) is 46.3 Å². The summed E-state index contributed by atoms with van der Waals surface area (Å²) < 4.78 is 2.42. The SMILES string of the molecule is Cc1cc2nc(-c3c(C4(C)CC4C)cc(C(C)(C)C)nc3C)n(C(C)C)c2cc1C. The number of fused-ring (bicyclic) bond motifs is 1. The summed E-state index contributed by atoms with van der Waals surface area (Å²) in [7, 11) is 0. The summed E-state index contributed by atoms with van der Waals surface area (Å²) >= 11 is 0. The smallest absolute Gasteiger partial charge is 0.143 e. The molecule has 1 fully saturated rings. The van der Waals surface area contributed by atoms with Crippen molar-refractivity contribution < 1.29 is 0 Å². The van der Waals surface area contributed by atoms with Crippen LogP contribution in [0.1, 0.15) is 89.0 Å². The van der Waals surface area contributed by atoms with Crippen molar-refractivity contribution in [1.29, 1.82) is 0 Å². The van der Waals surface area contributed by atoms with Gasteiger partial charge in [-0.3, -0.25) is 4.98 Å². The first-order chi connectivity index (χ1) is 13.8. The average molecular weight is 404 g/mol. The fraction of sp³-hybridized carbons (Fsp3) is 0.556. The lowest BCUT2D eigenvalue weighted by Crippen LogP contribution is -2.19. The Balaban J connectivity index is 2.08. The highest BCUT2D eigenvalue weighted by atomic mass is 15.1. The van der Waals surface area contributed by atoms with E-state index >= 15 is 0 Å². The van der Waals surface area contributed by atoms with Crippen LogP contribution in [0.15, 0.2) is 18.2 Å². The number of hydrogen-bond acceptors (Lipinski definition) is 2. The number of aromatic nitrogens is 3. The molecular formula is C27H37N3. The Morgan fingerprint density at radius 2 is 1.63 bits per heavy atom. The third-order valence-electron chi connectivity index (χ3n) is 7.29. The van der Waals surface area contributed by atoms with Crippen LogP contribution in [0.3, 0.4) is 0 Å². The molecule has 2 atom stereocenters. The fourth-order valence-corrected chi connectivity index (χ4v) is 4.79. The van der Waals surface area contributed by atoms with E-state index < -0.39 is 0 Å². The standard InChI is InChI=1S/C27H37N3/c1-15(2)30-22-12-17(4)16(3)11-21(22)29-25(30)24-19(6)28-23(26(7,8)9)13-20(24)27(10)14-18(27)5/h11-13,15,18H,14H2,1-10H3. The van der Waals surface area contributed by atoms with E-state index in [1.165, 1.54) is 39.9 Å². The molecule has 0 aliphatic heterocycles. The summed E-state index contributed by atoms with van der Waals surface area (Å²) in [5, 5.41) is 0. The topological polar surface area (TPSA) is 30.7 Å². The van der Waals surface area contributed by atoms with Crippen molar-refractivity contribution in [3.8, 4) is 11.4 Å². The van der Waals surface area contributed by atoms with Crippen LogP contribution in [0.2, 0.25) is 0 Å². The van der Waals surface area contributed by atoms with Crippen LogP contribution < -0.4 is 0 Å². The molecule has 0 bridgehead atoms. The number of rotatable bonds is 3. The molecule has 4 rings (SSSR count). The second kappa shape index (κ2) is 6.67. The van der Waals surface area contributed by atoms with Crippen LogP contribution in [0.4, 0.5) is 0 Å². The zero-order valence-corrected chi connectivity index (χ0v) is 20.4. The second-order valence-electron chi connectivity index (χ2n) is 11.1. The van der Waals surface area contributed by atoms with Crippen LogP contribution >= 0.6 is 0 Å². The van der Waals surface area contributed by atoms with Gasteiger partial charge in [-0.25, -0.2) is 4.98 Å². The first-order valence-electron chi connectivity index (χ1n) is 11.4. The van der Waals surface area contributed by atoms with Crippen molar-refractivity contribution in [2.24, 2.45) is 5.92 Å². The van der Waals surface area contributed by atoms with Crippen LogP contribution in [0, 0.1) is 26.7 Å². The quantitative estimate of drug-likeness (QED) is 0.463. The van der Waals surface area contributed by atoms with Crippen molar-refractivity contribution in [2.75, 3.05) is 0 Å². The lowest BCUT2D eigenvalue weighted by molar-refractivity contribution is 0.562. The van der Waals surface area contributed by atoms with Gasteiger partial charge in [0.2, 0.25) is 0 Å². The zero-order chi connectivity index (χ0) is 22.2. The molecule has 0 radical (unpaired) electrons. The molecule has 1 aliphatic carbocycles. The van der Waals surface area contributed by atoms with Crippen molar-refractivity contribution in [3.63, 3.8) is 0 Å². The van der Waals surface area contributed by atoms with E-state index in [1.807, 2.05) is 0 Å². The molecule has 30 heavy (non-hydrogen) atoms. The molecule has 3 aromatic rings. The minimum Gasteiger partial charge on any atom is -0.321 e. The fourth-order valence-electron chi connectivity index (χ4n) is 4.79. The van der Waals surface area contributed by atoms with Crippen molar-refractivity contribution in [2.45, 2.75) is 92.5 Å². The molecule has 1 aliphatic rings. The van der Waals surface area contributed by atoms with Gasteiger partial charge < -0.3 is 4.57 Å². The monoisotopic (exact) mass is 403 g/mol. The molecule has 2 unspecified atom stereocenters. The van der Waals surface area contributed by atoms with Gasteiger partial charge in [-0.15, -0.1) is 0 Å². The molecule has 1 aromatic carbocycles. The van der Waals surface area contributed by atoms with Gasteiger partial charge in [-0.1, -0.05) is 34.6 Å². The Labute approximate surface area is 181 Å². The van der Waals surface area contributed by atoms with Gasteiger partial charge in [-0.2, -0.15) is 0 Å². The predicted molar refractivity (Wildman–Crippen MR) is 127 cm³/mol. The molecule has 1 saturated carbocycles. The van der Waals surface area contributed by atoms with E-state index in [-0.39, 0.29) is 10.8 Å².